The summed E-state index contributed by atoms with van der Waals surface area (Å²) in [5.74, 6) is -0.663. The van der Waals surface area contributed by atoms with Gasteiger partial charge in [0.2, 0.25) is 0 Å². The molecular weight excluding hydrogens is 406 g/mol. The van der Waals surface area contributed by atoms with E-state index >= 15 is 0 Å². The minimum Gasteiger partial charge on any atom is -0.503 e. The average Bonchev–Trinajstić information content (AvgIpc) is 2.78. The Morgan fingerprint density at radius 2 is 2.17 bits per heavy atom. The summed E-state index contributed by atoms with van der Waals surface area (Å²) in [6.45, 7) is -0.221. The Balaban J connectivity index is 2.31. The van der Waals surface area contributed by atoms with Crippen LogP contribution in [0.5, 0.6) is 11.5 Å². The summed E-state index contributed by atoms with van der Waals surface area (Å²) in [6.07, 6.45) is 1.61. The van der Waals surface area contributed by atoms with Crippen molar-refractivity contribution in [1.29, 1.82) is 0 Å². The quantitative estimate of drug-likeness (QED) is 0.458. The fraction of sp³-hybridized carbons (Fsp3) is 0.214. The first-order valence-corrected chi connectivity index (χ1v) is 8.27. The van der Waals surface area contributed by atoms with Crippen LogP contribution in [0.2, 0.25) is 0 Å². The van der Waals surface area contributed by atoms with Gasteiger partial charge in [0.25, 0.3) is 5.91 Å². The van der Waals surface area contributed by atoms with Gasteiger partial charge in [-0.05, 0) is 39.7 Å². The highest BCUT2D eigenvalue weighted by atomic mass is 79.9. The number of thioether (sulfide) groups is 1. The number of hydrogen-bond acceptors (Lipinski definition) is 7. The van der Waals surface area contributed by atoms with Gasteiger partial charge in [-0.3, -0.25) is 14.5 Å². The van der Waals surface area contributed by atoms with Gasteiger partial charge in [-0.25, -0.2) is 0 Å². The van der Waals surface area contributed by atoms with Crippen LogP contribution in [0.1, 0.15) is 5.56 Å². The smallest absolute Gasteiger partial charge is 0.325 e. The van der Waals surface area contributed by atoms with Gasteiger partial charge in [0.15, 0.2) is 11.5 Å². The molecule has 0 aromatic heterocycles. The predicted molar refractivity (Wildman–Crippen MR) is 94.3 cm³/mol. The summed E-state index contributed by atoms with van der Waals surface area (Å²) in [7, 11) is 2.68. The molecule has 1 aromatic rings. The van der Waals surface area contributed by atoms with Gasteiger partial charge in [-0.1, -0.05) is 24.0 Å². The monoisotopic (exact) mass is 417 g/mol. The molecule has 0 bridgehead atoms. The lowest BCUT2D eigenvalue weighted by Crippen LogP contribution is -2.33. The van der Waals surface area contributed by atoms with Crippen molar-refractivity contribution in [2.75, 3.05) is 20.8 Å². The van der Waals surface area contributed by atoms with E-state index in [-0.39, 0.29) is 28.3 Å². The van der Waals surface area contributed by atoms with E-state index in [0.717, 1.165) is 11.8 Å². The molecule has 0 unspecified atom stereocenters. The number of carbonyl (C=O) groups excluding carboxylic acids is 2. The standard InChI is InChI=1S/C14H12BrNO5S2/c1-20-9-4-7(3-8(15)12(9)18)5-10-13(19)16(14(22)23-10)6-11(17)21-2/h3-5,18H,6H2,1-2H3/b10-5-. The number of nitrogens with zero attached hydrogens (tertiary/aromatic N) is 1. The van der Waals surface area contributed by atoms with Crippen molar-refractivity contribution in [3.05, 3.63) is 27.1 Å². The number of esters is 1. The van der Waals surface area contributed by atoms with Gasteiger partial charge < -0.3 is 14.6 Å². The lowest BCUT2D eigenvalue weighted by atomic mass is 10.2. The second-order valence-corrected chi connectivity index (χ2v) is 6.93. The van der Waals surface area contributed by atoms with Crippen molar-refractivity contribution >= 4 is 62.2 Å². The predicted octanol–water partition coefficient (Wildman–Crippen LogP) is 2.54. The lowest BCUT2D eigenvalue weighted by molar-refractivity contribution is -0.143. The zero-order chi connectivity index (χ0) is 17.1. The number of benzene rings is 1. The third-order valence-electron chi connectivity index (χ3n) is 2.96. The Labute approximate surface area is 150 Å². The SMILES string of the molecule is COC(=O)CN1C(=O)/C(=C/c2cc(Br)c(O)c(OC)c2)SC1=S. The Bertz CT molecular complexity index is 719. The summed E-state index contributed by atoms with van der Waals surface area (Å²) >= 11 is 9.43. The molecule has 1 heterocycles. The van der Waals surface area contributed by atoms with Crippen molar-refractivity contribution in [2.24, 2.45) is 0 Å². The molecule has 1 aliphatic heterocycles. The molecule has 0 saturated carbocycles. The molecule has 0 radical (unpaired) electrons. The number of aromatic hydroxyl groups is 1. The Morgan fingerprint density at radius 1 is 1.48 bits per heavy atom. The maximum absolute atomic E-state index is 12.3. The van der Waals surface area contributed by atoms with Gasteiger partial charge in [-0.2, -0.15) is 0 Å². The van der Waals surface area contributed by atoms with Gasteiger partial charge >= 0.3 is 5.97 Å². The number of thiocarbonyl (C=S) groups is 1. The minimum absolute atomic E-state index is 0.0251. The van der Waals surface area contributed by atoms with E-state index in [2.05, 4.69) is 20.7 Å². The molecule has 6 nitrogen and oxygen atoms in total. The molecule has 0 spiro atoms. The van der Waals surface area contributed by atoms with E-state index in [9.17, 15) is 14.7 Å². The molecule has 1 fully saturated rings. The third-order valence-corrected chi connectivity index (χ3v) is 4.94. The second-order valence-electron chi connectivity index (χ2n) is 4.40. The third kappa shape index (κ3) is 3.85. The van der Waals surface area contributed by atoms with Crippen LogP contribution < -0.4 is 4.74 Å². The molecule has 0 atom stereocenters. The molecule has 1 amide bonds. The zero-order valence-electron chi connectivity index (χ0n) is 12.2. The van der Waals surface area contributed by atoms with E-state index in [0.29, 0.717) is 14.9 Å². The van der Waals surface area contributed by atoms with Crippen LogP contribution in [-0.2, 0) is 14.3 Å². The van der Waals surface area contributed by atoms with Crippen molar-refractivity contribution in [3.63, 3.8) is 0 Å². The van der Waals surface area contributed by atoms with Crippen LogP contribution in [0, 0.1) is 0 Å². The number of rotatable bonds is 4. The second kappa shape index (κ2) is 7.33. The van der Waals surface area contributed by atoms with E-state index in [1.807, 2.05) is 0 Å². The number of carbonyl (C=O) groups is 2. The highest BCUT2D eigenvalue weighted by molar-refractivity contribution is 9.10. The largest absolute Gasteiger partial charge is 0.503 e. The van der Waals surface area contributed by atoms with Gasteiger partial charge in [-0.15, -0.1) is 0 Å². The van der Waals surface area contributed by atoms with E-state index in [1.54, 1.807) is 18.2 Å². The molecule has 122 valence electrons. The minimum atomic E-state index is -0.545. The van der Waals surface area contributed by atoms with Crippen molar-refractivity contribution < 1.29 is 24.2 Å². The summed E-state index contributed by atoms with van der Waals surface area (Å²) in [4.78, 5) is 25.2. The first-order chi connectivity index (χ1) is 10.9. The topological polar surface area (TPSA) is 76.1 Å². The molecule has 1 aromatic carbocycles. The fourth-order valence-corrected chi connectivity index (χ4v) is 3.53. The van der Waals surface area contributed by atoms with Crippen molar-refractivity contribution in [1.82, 2.24) is 4.90 Å². The molecule has 23 heavy (non-hydrogen) atoms. The summed E-state index contributed by atoms with van der Waals surface area (Å²) in [5.41, 5.74) is 0.644. The molecule has 1 aliphatic rings. The molecule has 0 aliphatic carbocycles. The van der Waals surface area contributed by atoms with Crippen LogP contribution in [0.15, 0.2) is 21.5 Å². The summed E-state index contributed by atoms with van der Waals surface area (Å²) in [6, 6.07) is 3.23. The summed E-state index contributed by atoms with van der Waals surface area (Å²) in [5, 5.41) is 9.80. The first kappa shape index (κ1) is 17.8. The summed E-state index contributed by atoms with van der Waals surface area (Å²) < 4.78 is 10.3. The van der Waals surface area contributed by atoms with Crippen LogP contribution in [0.25, 0.3) is 6.08 Å². The van der Waals surface area contributed by atoms with E-state index in [1.165, 1.54) is 19.1 Å². The highest BCUT2D eigenvalue weighted by Crippen LogP contribution is 2.38. The zero-order valence-corrected chi connectivity index (χ0v) is 15.4. The molecule has 9 heteroatoms. The van der Waals surface area contributed by atoms with Crippen LogP contribution in [0.4, 0.5) is 0 Å². The first-order valence-electron chi connectivity index (χ1n) is 6.26. The number of hydrogen-bond donors (Lipinski definition) is 1. The fourth-order valence-electron chi connectivity index (χ4n) is 1.81. The van der Waals surface area contributed by atoms with Crippen molar-refractivity contribution in [2.45, 2.75) is 0 Å². The normalized spacial score (nSPS) is 16.1. The maximum Gasteiger partial charge on any atom is 0.325 e. The van der Waals surface area contributed by atoms with E-state index < -0.39 is 5.97 Å². The van der Waals surface area contributed by atoms with Gasteiger partial charge in [0.05, 0.1) is 23.6 Å². The van der Waals surface area contributed by atoms with Crippen LogP contribution in [-0.4, -0.2) is 47.0 Å². The molecule has 1 saturated heterocycles. The maximum atomic E-state index is 12.3. The highest BCUT2D eigenvalue weighted by Gasteiger charge is 2.33. The average molecular weight is 418 g/mol. The number of methoxy groups -OCH3 is 2. The molecule has 1 N–H and O–H groups in total. The number of halogens is 1. The lowest BCUT2D eigenvalue weighted by Gasteiger charge is -2.11. The number of phenolic OH excluding ortho intramolecular Hbond substituents is 1. The Hall–Kier alpha value is -1.58. The van der Waals surface area contributed by atoms with Gasteiger partial charge in [0.1, 0.15) is 10.9 Å². The van der Waals surface area contributed by atoms with Crippen LogP contribution >= 0.6 is 39.9 Å². The molecule has 2 rings (SSSR count). The number of amides is 1. The van der Waals surface area contributed by atoms with E-state index in [4.69, 9.17) is 17.0 Å². The van der Waals surface area contributed by atoms with Crippen molar-refractivity contribution in [3.8, 4) is 11.5 Å². The Morgan fingerprint density at radius 3 is 2.78 bits per heavy atom. The number of phenols is 1. The Kier molecular flexibility index (Phi) is 5.66. The number of ether oxygens (including phenoxy) is 2. The van der Waals surface area contributed by atoms with Gasteiger partial charge in [0, 0.05) is 0 Å². The molecular formula is C14H12BrNO5S2. The van der Waals surface area contributed by atoms with Crippen LogP contribution in [0.3, 0.4) is 0 Å².